The van der Waals surface area contributed by atoms with Crippen molar-refractivity contribution >= 4 is 65.6 Å². The van der Waals surface area contributed by atoms with Crippen LogP contribution in [-0.2, 0) is 0 Å². The summed E-state index contributed by atoms with van der Waals surface area (Å²) in [5.74, 6) is 0. The summed E-state index contributed by atoms with van der Waals surface area (Å²) in [6.45, 7) is 0. The first-order valence-electron chi connectivity index (χ1n) is 16.6. The predicted octanol–water partition coefficient (Wildman–Crippen LogP) is 13.5. The molecule has 2 nitrogen and oxygen atoms in total. The molecule has 0 aliphatic carbocycles. The fourth-order valence-electron chi connectivity index (χ4n) is 7.19. The van der Waals surface area contributed by atoms with Gasteiger partial charge in [0.2, 0.25) is 0 Å². The van der Waals surface area contributed by atoms with E-state index in [0.29, 0.717) is 0 Å². The molecule has 0 spiro atoms. The fourth-order valence-corrected chi connectivity index (χ4v) is 7.75. The number of benzene rings is 8. The second-order valence-electron chi connectivity index (χ2n) is 12.3. The molecule has 0 fully saturated rings. The van der Waals surface area contributed by atoms with E-state index in [-0.39, 0.29) is 0 Å². The molecule has 0 radical (unpaired) electrons. The van der Waals surface area contributed by atoms with Crippen LogP contribution in [0.4, 0.5) is 17.1 Å². The molecule has 0 amide bonds. The summed E-state index contributed by atoms with van der Waals surface area (Å²) in [6.07, 6.45) is 0. The van der Waals surface area contributed by atoms with Gasteiger partial charge in [-0.3, -0.25) is 0 Å². The van der Waals surface area contributed by atoms with Crippen LogP contribution in [0.3, 0.4) is 0 Å². The van der Waals surface area contributed by atoms with Crippen LogP contribution in [-0.4, -0.2) is 4.57 Å². The van der Waals surface area contributed by atoms with Crippen molar-refractivity contribution in [3.63, 3.8) is 0 Å². The maximum atomic E-state index is 3.94. The minimum Gasteiger partial charge on any atom is -0.310 e. The van der Waals surface area contributed by atoms with E-state index in [1.54, 1.807) is 0 Å². The topological polar surface area (TPSA) is 8.17 Å². The molecule has 9 rings (SSSR count). The fraction of sp³-hybridized carbons (Fsp3) is 0. The van der Waals surface area contributed by atoms with Gasteiger partial charge in [-0.2, -0.15) is 0 Å². The quantitative estimate of drug-likeness (QED) is 0.169. The molecule has 0 aliphatic rings. The normalized spacial score (nSPS) is 11.4. The molecular formula is C46H31BrN2. The second-order valence-corrected chi connectivity index (χ2v) is 13.2. The lowest BCUT2D eigenvalue weighted by Gasteiger charge is -2.28. The van der Waals surface area contributed by atoms with Gasteiger partial charge in [-0.05, 0) is 82.2 Å². The first kappa shape index (κ1) is 29.3. The molecule has 0 saturated carbocycles. The number of nitrogens with zero attached hydrogens (tertiary/aromatic N) is 2. The number of halogens is 1. The Kier molecular flexibility index (Phi) is 7.33. The van der Waals surface area contributed by atoms with Gasteiger partial charge in [0.15, 0.2) is 0 Å². The van der Waals surface area contributed by atoms with E-state index in [4.69, 9.17) is 0 Å². The Balaban J connectivity index is 1.33. The Hall–Kier alpha value is -5.90. The van der Waals surface area contributed by atoms with Crippen molar-refractivity contribution in [2.24, 2.45) is 0 Å². The predicted molar refractivity (Wildman–Crippen MR) is 212 cm³/mol. The molecule has 9 aromatic rings. The van der Waals surface area contributed by atoms with Crippen molar-refractivity contribution in [3.8, 4) is 27.9 Å². The van der Waals surface area contributed by atoms with Gasteiger partial charge in [0.05, 0.1) is 16.7 Å². The summed E-state index contributed by atoms with van der Waals surface area (Å²) in [5, 5.41) is 4.87. The van der Waals surface area contributed by atoms with Crippen molar-refractivity contribution in [1.29, 1.82) is 0 Å². The molecular weight excluding hydrogens is 660 g/mol. The number of hydrogen-bond donors (Lipinski definition) is 0. The van der Waals surface area contributed by atoms with Gasteiger partial charge in [0.1, 0.15) is 0 Å². The van der Waals surface area contributed by atoms with Gasteiger partial charge in [-0.1, -0.05) is 149 Å². The van der Waals surface area contributed by atoms with Crippen molar-refractivity contribution < 1.29 is 0 Å². The van der Waals surface area contributed by atoms with Gasteiger partial charge in [0, 0.05) is 37.7 Å². The van der Waals surface area contributed by atoms with E-state index in [1.165, 1.54) is 49.3 Å². The molecule has 232 valence electrons. The molecule has 1 aromatic heterocycles. The van der Waals surface area contributed by atoms with E-state index in [1.807, 2.05) is 0 Å². The molecule has 1 heterocycles. The van der Waals surface area contributed by atoms with Crippen LogP contribution in [0.15, 0.2) is 193 Å². The molecule has 0 bridgehead atoms. The number of anilines is 3. The number of aromatic nitrogens is 1. The molecule has 0 N–H and O–H groups in total. The Bertz CT molecular complexity index is 2490. The van der Waals surface area contributed by atoms with Gasteiger partial charge >= 0.3 is 0 Å². The summed E-state index contributed by atoms with van der Waals surface area (Å²) in [5.41, 5.74) is 11.6. The van der Waals surface area contributed by atoms with Crippen LogP contribution in [0.5, 0.6) is 0 Å². The van der Waals surface area contributed by atoms with Crippen LogP contribution in [0.2, 0.25) is 0 Å². The second kappa shape index (κ2) is 12.3. The highest BCUT2D eigenvalue weighted by Crippen LogP contribution is 2.47. The van der Waals surface area contributed by atoms with Crippen molar-refractivity contribution in [2.75, 3.05) is 4.90 Å². The van der Waals surface area contributed by atoms with Crippen molar-refractivity contribution in [1.82, 2.24) is 4.57 Å². The van der Waals surface area contributed by atoms with Gasteiger partial charge < -0.3 is 9.47 Å². The third kappa shape index (κ3) is 5.11. The van der Waals surface area contributed by atoms with Crippen LogP contribution in [0.1, 0.15) is 0 Å². The standard InChI is InChI=1S/C46H31BrN2/c47-41-21-12-22-42-46(41)45-40-20-11-10-19-39(40)43(31-44(45)49(42)36-17-8-3-9-18-36)48(37-27-23-34(24-28-37)32-13-4-1-5-14-32)38-29-25-35(26-30-38)33-15-6-2-7-16-33/h1-31H. The highest BCUT2D eigenvalue weighted by molar-refractivity contribution is 9.10. The maximum absolute atomic E-state index is 3.94. The minimum atomic E-state index is 1.09. The number of rotatable bonds is 6. The van der Waals surface area contributed by atoms with Crippen LogP contribution in [0, 0.1) is 0 Å². The summed E-state index contributed by atoms with van der Waals surface area (Å²) < 4.78 is 3.49. The monoisotopic (exact) mass is 690 g/mol. The van der Waals surface area contributed by atoms with E-state index in [9.17, 15) is 0 Å². The zero-order valence-corrected chi connectivity index (χ0v) is 28.3. The molecule has 8 aromatic carbocycles. The lowest BCUT2D eigenvalue weighted by atomic mass is 9.99. The maximum Gasteiger partial charge on any atom is 0.0568 e. The van der Waals surface area contributed by atoms with Crippen LogP contribution in [0.25, 0.3) is 60.5 Å². The summed E-state index contributed by atoms with van der Waals surface area (Å²) >= 11 is 3.94. The minimum absolute atomic E-state index is 1.09. The lowest BCUT2D eigenvalue weighted by molar-refractivity contribution is 1.18. The average molecular weight is 692 g/mol. The number of para-hydroxylation sites is 1. The molecule has 0 atom stereocenters. The summed E-state index contributed by atoms with van der Waals surface area (Å²) in [4.78, 5) is 2.41. The van der Waals surface area contributed by atoms with E-state index in [2.05, 4.69) is 213 Å². The Morgan fingerprint density at radius 3 is 1.45 bits per heavy atom. The van der Waals surface area contributed by atoms with E-state index >= 15 is 0 Å². The van der Waals surface area contributed by atoms with Gasteiger partial charge in [0.25, 0.3) is 0 Å². The highest BCUT2D eigenvalue weighted by atomic mass is 79.9. The molecule has 49 heavy (non-hydrogen) atoms. The van der Waals surface area contributed by atoms with Crippen molar-refractivity contribution in [2.45, 2.75) is 0 Å². The van der Waals surface area contributed by atoms with Crippen molar-refractivity contribution in [3.05, 3.63) is 193 Å². The zero-order valence-electron chi connectivity index (χ0n) is 26.7. The first-order chi connectivity index (χ1) is 24.2. The SMILES string of the molecule is Brc1cccc2c1c1c3ccccc3c(N(c3ccc(-c4ccccc4)cc3)c3ccc(-c4ccccc4)cc3)cc1n2-c1ccccc1. The Morgan fingerprint density at radius 1 is 0.388 bits per heavy atom. The number of fused-ring (bicyclic) bond motifs is 5. The largest absolute Gasteiger partial charge is 0.310 e. The average Bonchev–Trinajstić information content (AvgIpc) is 3.52. The summed E-state index contributed by atoms with van der Waals surface area (Å²) in [6, 6.07) is 67.5. The molecule has 0 unspecified atom stereocenters. The molecule has 0 aliphatic heterocycles. The Labute approximate surface area is 294 Å². The zero-order chi connectivity index (χ0) is 32.7. The van der Waals surface area contributed by atoms with E-state index in [0.717, 1.165) is 32.7 Å². The third-order valence-electron chi connectivity index (χ3n) is 9.45. The van der Waals surface area contributed by atoms with Gasteiger partial charge in [-0.25, -0.2) is 0 Å². The highest BCUT2D eigenvalue weighted by Gasteiger charge is 2.22. The molecule has 3 heteroatoms. The lowest BCUT2D eigenvalue weighted by Crippen LogP contribution is -2.11. The third-order valence-corrected chi connectivity index (χ3v) is 10.1. The Morgan fingerprint density at radius 2 is 0.878 bits per heavy atom. The number of hydrogen-bond acceptors (Lipinski definition) is 1. The van der Waals surface area contributed by atoms with Crippen LogP contribution >= 0.6 is 15.9 Å². The van der Waals surface area contributed by atoms with Crippen LogP contribution < -0.4 is 4.90 Å². The molecule has 0 saturated heterocycles. The smallest absolute Gasteiger partial charge is 0.0568 e. The summed E-state index contributed by atoms with van der Waals surface area (Å²) in [7, 11) is 0. The van der Waals surface area contributed by atoms with E-state index < -0.39 is 0 Å². The first-order valence-corrected chi connectivity index (χ1v) is 17.3. The van der Waals surface area contributed by atoms with Gasteiger partial charge in [-0.15, -0.1) is 0 Å².